The SMILES string of the molecule is C[C@@H](N)C(=O)CCC(=O)O. The molecule has 0 unspecified atom stereocenters. The highest BCUT2D eigenvalue weighted by Crippen LogP contribution is 1.93. The maximum Gasteiger partial charge on any atom is 0.303 e. The van der Waals surface area contributed by atoms with E-state index >= 15 is 0 Å². The highest BCUT2D eigenvalue weighted by molar-refractivity contribution is 5.86. The van der Waals surface area contributed by atoms with Crippen molar-refractivity contribution in [2.24, 2.45) is 5.73 Å². The van der Waals surface area contributed by atoms with Gasteiger partial charge in [0, 0.05) is 6.42 Å². The molecule has 4 heteroatoms. The Morgan fingerprint density at radius 3 is 2.30 bits per heavy atom. The second-order valence-electron chi connectivity index (χ2n) is 2.15. The predicted octanol–water partition coefficient (Wildman–Crippen LogP) is -0.233. The van der Waals surface area contributed by atoms with E-state index in [2.05, 4.69) is 0 Å². The number of carboxylic acids is 1. The van der Waals surface area contributed by atoms with Crippen molar-refractivity contribution in [3.8, 4) is 0 Å². The largest absolute Gasteiger partial charge is 0.481 e. The molecule has 0 spiro atoms. The Morgan fingerprint density at radius 2 is 2.00 bits per heavy atom. The third-order valence-electron chi connectivity index (χ3n) is 1.09. The lowest BCUT2D eigenvalue weighted by molar-refractivity contribution is -0.138. The Labute approximate surface area is 59.0 Å². The molecule has 0 heterocycles. The predicted molar refractivity (Wildman–Crippen MR) is 35.5 cm³/mol. The molecule has 0 rings (SSSR count). The number of nitrogens with two attached hydrogens (primary N) is 1. The topological polar surface area (TPSA) is 80.4 Å². The van der Waals surface area contributed by atoms with Crippen LogP contribution in [0.1, 0.15) is 19.8 Å². The first-order valence-electron chi connectivity index (χ1n) is 3.04. The molecule has 1 atom stereocenters. The van der Waals surface area contributed by atoms with E-state index in [0.29, 0.717) is 0 Å². The van der Waals surface area contributed by atoms with Gasteiger partial charge in [-0.2, -0.15) is 0 Å². The molecule has 0 radical (unpaired) electrons. The summed E-state index contributed by atoms with van der Waals surface area (Å²) >= 11 is 0. The smallest absolute Gasteiger partial charge is 0.303 e. The van der Waals surface area contributed by atoms with Gasteiger partial charge >= 0.3 is 5.97 Å². The van der Waals surface area contributed by atoms with Crippen LogP contribution in [-0.2, 0) is 9.59 Å². The number of carbonyl (C=O) groups is 2. The maximum atomic E-state index is 10.7. The first kappa shape index (κ1) is 9.10. The standard InChI is InChI=1S/C6H11NO3/c1-4(7)5(8)2-3-6(9)10/h4H,2-3,7H2,1H3,(H,9,10)/t4-/m1/s1. The minimum absolute atomic E-state index is 0.0347. The van der Waals surface area contributed by atoms with Crippen molar-refractivity contribution in [1.82, 2.24) is 0 Å². The Balaban J connectivity index is 3.50. The van der Waals surface area contributed by atoms with Gasteiger partial charge in [0.1, 0.15) is 5.78 Å². The number of Topliss-reactive ketones (excluding diaryl/α,β-unsaturated/α-hetero) is 1. The molecule has 0 aliphatic rings. The quantitative estimate of drug-likeness (QED) is 0.572. The van der Waals surface area contributed by atoms with Crippen molar-refractivity contribution < 1.29 is 14.7 Å². The summed E-state index contributed by atoms with van der Waals surface area (Å²) in [6, 6.07) is -0.542. The van der Waals surface area contributed by atoms with E-state index in [1.807, 2.05) is 0 Å². The third-order valence-corrected chi connectivity index (χ3v) is 1.09. The van der Waals surface area contributed by atoms with Crippen LogP contribution in [0.25, 0.3) is 0 Å². The van der Waals surface area contributed by atoms with Crippen molar-refractivity contribution in [2.75, 3.05) is 0 Å². The van der Waals surface area contributed by atoms with Crippen LogP contribution in [0.2, 0.25) is 0 Å². The molecular weight excluding hydrogens is 134 g/mol. The molecule has 3 N–H and O–H groups in total. The van der Waals surface area contributed by atoms with Crippen LogP contribution in [0.4, 0.5) is 0 Å². The Bertz CT molecular complexity index is 142. The highest BCUT2D eigenvalue weighted by Gasteiger charge is 2.08. The van der Waals surface area contributed by atoms with Gasteiger partial charge in [-0.3, -0.25) is 9.59 Å². The van der Waals surface area contributed by atoms with Gasteiger partial charge in [0.2, 0.25) is 0 Å². The average molecular weight is 145 g/mol. The van der Waals surface area contributed by atoms with Crippen LogP contribution >= 0.6 is 0 Å². The summed E-state index contributed by atoms with van der Waals surface area (Å²) in [6.45, 7) is 1.55. The van der Waals surface area contributed by atoms with Crippen molar-refractivity contribution in [1.29, 1.82) is 0 Å². The molecule has 0 aliphatic heterocycles. The average Bonchev–Trinajstić information content (AvgIpc) is 1.82. The van der Waals surface area contributed by atoms with Crippen LogP contribution < -0.4 is 5.73 Å². The fraction of sp³-hybridized carbons (Fsp3) is 0.667. The molecule has 0 saturated carbocycles. The van der Waals surface area contributed by atoms with Crippen LogP contribution in [-0.4, -0.2) is 22.9 Å². The molecule has 10 heavy (non-hydrogen) atoms. The maximum absolute atomic E-state index is 10.7. The lowest BCUT2D eigenvalue weighted by Crippen LogP contribution is -2.26. The van der Waals surface area contributed by atoms with Gasteiger partial charge in [-0.05, 0) is 6.92 Å². The van der Waals surface area contributed by atoms with Crippen molar-refractivity contribution in [2.45, 2.75) is 25.8 Å². The summed E-state index contributed by atoms with van der Waals surface area (Å²) in [5.74, 6) is -1.17. The van der Waals surface area contributed by atoms with Gasteiger partial charge in [-0.1, -0.05) is 0 Å². The summed E-state index contributed by atoms with van der Waals surface area (Å²) in [6.07, 6.45) is -0.0899. The minimum Gasteiger partial charge on any atom is -0.481 e. The normalized spacial score (nSPS) is 12.6. The lowest BCUT2D eigenvalue weighted by atomic mass is 10.1. The fourth-order valence-electron chi connectivity index (χ4n) is 0.458. The molecular formula is C6H11NO3. The van der Waals surface area contributed by atoms with Gasteiger partial charge in [-0.25, -0.2) is 0 Å². The van der Waals surface area contributed by atoms with E-state index in [1.54, 1.807) is 6.92 Å². The first-order valence-corrected chi connectivity index (χ1v) is 3.04. The van der Waals surface area contributed by atoms with E-state index in [0.717, 1.165) is 0 Å². The molecule has 0 bridgehead atoms. The van der Waals surface area contributed by atoms with E-state index < -0.39 is 12.0 Å². The summed E-state index contributed by atoms with van der Waals surface area (Å²) in [7, 11) is 0. The van der Waals surface area contributed by atoms with Gasteiger partial charge in [-0.15, -0.1) is 0 Å². The molecule has 58 valence electrons. The highest BCUT2D eigenvalue weighted by atomic mass is 16.4. The second kappa shape index (κ2) is 4.00. The number of carbonyl (C=O) groups excluding carboxylic acids is 1. The molecule has 0 amide bonds. The fourth-order valence-corrected chi connectivity index (χ4v) is 0.458. The van der Waals surface area contributed by atoms with E-state index in [-0.39, 0.29) is 18.6 Å². The number of carboxylic acid groups (broad SMARTS) is 1. The third kappa shape index (κ3) is 4.03. The Kier molecular flexibility index (Phi) is 3.64. The van der Waals surface area contributed by atoms with Gasteiger partial charge in [0.15, 0.2) is 0 Å². The summed E-state index contributed by atoms with van der Waals surface area (Å²) in [4.78, 5) is 20.6. The summed E-state index contributed by atoms with van der Waals surface area (Å²) in [5, 5.41) is 8.15. The van der Waals surface area contributed by atoms with Crippen LogP contribution in [0, 0.1) is 0 Å². The summed E-state index contributed by atoms with van der Waals surface area (Å²) in [5.41, 5.74) is 5.18. The number of rotatable bonds is 4. The minimum atomic E-state index is -0.964. The Morgan fingerprint density at radius 1 is 1.50 bits per heavy atom. The van der Waals surface area contributed by atoms with E-state index in [4.69, 9.17) is 10.8 Å². The zero-order valence-electron chi connectivity index (χ0n) is 5.83. The molecule has 0 fully saturated rings. The first-order chi connectivity index (χ1) is 4.54. The number of hydrogen-bond acceptors (Lipinski definition) is 3. The zero-order valence-corrected chi connectivity index (χ0v) is 5.83. The van der Waals surface area contributed by atoms with Crippen LogP contribution in [0.5, 0.6) is 0 Å². The molecule has 0 saturated heterocycles. The number of aliphatic carboxylic acids is 1. The second-order valence-corrected chi connectivity index (χ2v) is 2.15. The number of ketones is 1. The van der Waals surface area contributed by atoms with E-state index in [1.165, 1.54) is 0 Å². The zero-order chi connectivity index (χ0) is 8.15. The monoisotopic (exact) mass is 145 g/mol. The molecule has 0 aromatic carbocycles. The lowest BCUT2D eigenvalue weighted by Gasteiger charge is -2.00. The van der Waals surface area contributed by atoms with Gasteiger partial charge in [0.25, 0.3) is 0 Å². The van der Waals surface area contributed by atoms with Crippen LogP contribution in [0.3, 0.4) is 0 Å². The molecule has 4 nitrogen and oxygen atoms in total. The van der Waals surface area contributed by atoms with Gasteiger partial charge in [0.05, 0.1) is 12.5 Å². The summed E-state index contributed by atoms with van der Waals surface area (Å²) < 4.78 is 0. The van der Waals surface area contributed by atoms with Crippen LogP contribution in [0.15, 0.2) is 0 Å². The van der Waals surface area contributed by atoms with E-state index in [9.17, 15) is 9.59 Å². The molecule has 0 aromatic heterocycles. The van der Waals surface area contributed by atoms with Crippen molar-refractivity contribution in [3.05, 3.63) is 0 Å². The van der Waals surface area contributed by atoms with Gasteiger partial charge < -0.3 is 10.8 Å². The van der Waals surface area contributed by atoms with Crippen molar-refractivity contribution >= 4 is 11.8 Å². The van der Waals surface area contributed by atoms with Crippen molar-refractivity contribution in [3.63, 3.8) is 0 Å². The number of hydrogen-bond donors (Lipinski definition) is 2. The molecule has 0 aliphatic carbocycles. The Hall–Kier alpha value is -0.900. The molecule has 0 aromatic rings.